The normalized spacial score (nSPS) is 17.1. The Morgan fingerprint density at radius 2 is 1.85 bits per heavy atom. The summed E-state index contributed by atoms with van der Waals surface area (Å²) in [5.74, 6) is 2.50. The zero-order chi connectivity index (χ0) is 33.4. The van der Waals surface area contributed by atoms with Gasteiger partial charge in [-0.05, 0) is 50.6 Å². The predicted molar refractivity (Wildman–Crippen MR) is 176 cm³/mol. The Morgan fingerprint density at radius 1 is 1.09 bits per heavy atom. The van der Waals surface area contributed by atoms with Crippen LogP contribution in [-0.4, -0.2) is 91.0 Å². The monoisotopic (exact) mass is 650 g/mol. The van der Waals surface area contributed by atoms with E-state index in [1.165, 1.54) is 0 Å². The molecular weight excluding hydrogens is 609 g/mol. The molecule has 2 aromatic carbocycles. The third-order valence-corrected chi connectivity index (χ3v) is 8.52. The summed E-state index contributed by atoms with van der Waals surface area (Å²) in [5.41, 5.74) is 3.61. The number of terminal acetylenes is 1. The van der Waals surface area contributed by atoms with Crippen molar-refractivity contribution in [2.45, 2.75) is 38.1 Å². The first kappa shape index (κ1) is 34.0. The lowest BCUT2D eigenvalue weighted by Crippen LogP contribution is -2.45. The first-order chi connectivity index (χ1) is 22.7. The minimum atomic E-state index is -4.38. The van der Waals surface area contributed by atoms with Crippen LogP contribution in [0.5, 0.6) is 0 Å². The van der Waals surface area contributed by atoms with Crippen LogP contribution in [0.3, 0.4) is 0 Å². The van der Waals surface area contributed by atoms with Crippen molar-refractivity contribution >= 4 is 22.5 Å². The van der Waals surface area contributed by atoms with Crippen LogP contribution >= 0.6 is 0 Å². The number of anilines is 1. The Balaban J connectivity index is 1.11. The first-order valence-electron chi connectivity index (χ1n) is 15.8. The van der Waals surface area contributed by atoms with Gasteiger partial charge in [0.05, 0.1) is 55.0 Å². The molecule has 3 heterocycles. The van der Waals surface area contributed by atoms with Crippen molar-refractivity contribution in [1.29, 1.82) is 0 Å². The molecule has 2 N–H and O–H groups in total. The molecule has 4 aromatic rings. The van der Waals surface area contributed by atoms with Crippen molar-refractivity contribution < 1.29 is 27.4 Å². The Bertz CT molecular complexity index is 1680. The summed E-state index contributed by atoms with van der Waals surface area (Å²) in [6.07, 6.45) is 4.49. The number of carbonyl (C=O) groups excluding carboxylic acids is 1. The van der Waals surface area contributed by atoms with E-state index < -0.39 is 12.7 Å². The number of nitrogens with zero attached hydrogens (tertiary/aromatic N) is 4. The summed E-state index contributed by atoms with van der Waals surface area (Å²) in [5, 5.41) is 11.4. The summed E-state index contributed by atoms with van der Waals surface area (Å²) < 4.78 is 54.6. The standard InChI is InChI=1S/C35H41F3N6O3/c1-4-27-21-28-31(11-8-12-32(28)43(27)24-35(36,37)38)41-30-13-15-42(3)23-26(30)14-17-46-19-20-47-18-16-44-33(25-9-6-5-7-10-25)29(22-40-44)34(45)39-2/h1,5-12,21-22,26,30,41H,13-20,23-24H2,2-3H3,(H,39,45)/t26-,30-/m0/s1. The van der Waals surface area contributed by atoms with E-state index in [2.05, 4.69) is 33.6 Å². The minimum Gasteiger partial charge on any atom is -0.381 e. The van der Waals surface area contributed by atoms with Gasteiger partial charge in [-0.15, -0.1) is 6.42 Å². The molecule has 1 aliphatic heterocycles. The number of rotatable bonds is 14. The van der Waals surface area contributed by atoms with Gasteiger partial charge in [0, 0.05) is 42.9 Å². The zero-order valence-corrected chi connectivity index (χ0v) is 26.7. The molecule has 0 saturated carbocycles. The van der Waals surface area contributed by atoms with Gasteiger partial charge in [0.15, 0.2) is 0 Å². The van der Waals surface area contributed by atoms with E-state index in [0.29, 0.717) is 49.4 Å². The van der Waals surface area contributed by atoms with E-state index in [-0.39, 0.29) is 23.6 Å². The van der Waals surface area contributed by atoms with Crippen LogP contribution in [0.1, 0.15) is 28.9 Å². The second-order valence-electron chi connectivity index (χ2n) is 11.8. The molecule has 12 heteroatoms. The van der Waals surface area contributed by atoms with Crippen LogP contribution in [-0.2, 0) is 22.6 Å². The van der Waals surface area contributed by atoms with Crippen LogP contribution in [0.15, 0.2) is 60.8 Å². The molecule has 2 aromatic heterocycles. The number of benzene rings is 2. The topological polar surface area (TPSA) is 85.6 Å². The molecule has 1 saturated heterocycles. The van der Waals surface area contributed by atoms with Gasteiger partial charge in [-0.3, -0.25) is 9.48 Å². The van der Waals surface area contributed by atoms with Gasteiger partial charge < -0.3 is 29.6 Å². The number of likely N-dealkylation sites (tertiary alicyclic amines) is 1. The van der Waals surface area contributed by atoms with Crippen LogP contribution < -0.4 is 10.6 Å². The summed E-state index contributed by atoms with van der Waals surface area (Å²) >= 11 is 0. The highest BCUT2D eigenvalue weighted by molar-refractivity contribution is 5.99. The van der Waals surface area contributed by atoms with Gasteiger partial charge in [-0.25, -0.2) is 0 Å². The quantitative estimate of drug-likeness (QED) is 0.143. The number of carbonyl (C=O) groups is 1. The molecule has 0 bridgehead atoms. The average Bonchev–Trinajstić information content (AvgIpc) is 3.64. The SMILES string of the molecule is C#Cc1cc2c(N[C@H]3CCN(C)C[C@@H]3CCOCCOCCn3ncc(C(=O)NC)c3-c3ccccc3)cccc2n1CC(F)(F)F. The number of amides is 1. The van der Waals surface area contributed by atoms with Crippen molar-refractivity contribution in [3.63, 3.8) is 0 Å². The molecule has 250 valence electrons. The summed E-state index contributed by atoms with van der Waals surface area (Å²) in [7, 11) is 3.69. The second kappa shape index (κ2) is 15.5. The maximum atomic E-state index is 13.3. The van der Waals surface area contributed by atoms with E-state index >= 15 is 0 Å². The van der Waals surface area contributed by atoms with Crippen molar-refractivity contribution in [3.05, 3.63) is 72.1 Å². The van der Waals surface area contributed by atoms with Gasteiger partial charge in [-0.2, -0.15) is 18.3 Å². The molecular formula is C35H41F3N6O3. The van der Waals surface area contributed by atoms with Gasteiger partial charge in [0.1, 0.15) is 6.54 Å². The minimum absolute atomic E-state index is 0.129. The second-order valence-corrected chi connectivity index (χ2v) is 11.8. The van der Waals surface area contributed by atoms with Crippen LogP contribution in [0.4, 0.5) is 18.9 Å². The summed E-state index contributed by atoms with van der Waals surface area (Å²) in [6, 6.07) is 16.8. The lowest BCUT2D eigenvalue weighted by atomic mass is 9.89. The largest absolute Gasteiger partial charge is 0.406 e. The number of nitrogens with one attached hydrogen (secondary N) is 2. The Labute approximate surface area is 273 Å². The lowest BCUT2D eigenvalue weighted by Gasteiger charge is -2.38. The number of fused-ring (bicyclic) bond motifs is 1. The lowest BCUT2D eigenvalue weighted by molar-refractivity contribution is -0.140. The molecule has 0 spiro atoms. The Hall–Kier alpha value is -4.31. The number of hydrogen-bond acceptors (Lipinski definition) is 6. The van der Waals surface area contributed by atoms with E-state index in [1.54, 1.807) is 36.1 Å². The number of ether oxygens (including phenoxy) is 2. The fraction of sp³-hybridized carbons (Fsp3) is 0.429. The molecule has 47 heavy (non-hydrogen) atoms. The molecule has 0 radical (unpaired) electrons. The highest BCUT2D eigenvalue weighted by atomic mass is 19.4. The molecule has 0 unspecified atom stereocenters. The Morgan fingerprint density at radius 3 is 2.57 bits per heavy atom. The number of aromatic nitrogens is 3. The van der Waals surface area contributed by atoms with Crippen LogP contribution in [0, 0.1) is 18.3 Å². The zero-order valence-electron chi connectivity index (χ0n) is 26.7. The van der Waals surface area contributed by atoms with Crippen molar-refractivity contribution in [2.24, 2.45) is 5.92 Å². The predicted octanol–water partition coefficient (Wildman–Crippen LogP) is 5.26. The van der Waals surface area contributed by atoms with Gasteiger partial charge >= 0.3 is 6.18 Å². The van der Waals surface area contributed by atoms with E-state index in [9.17, 15) is 18.0 Å². The average molecular weight is 651 g/mol. The molecule has 2 atom stereocenters. The summed E-state index contributed by atoms with van der Waals surface area (Å²) in [6.45, 7) is 2.97. The highest BCUT2D eigenvalue weighted by Gasteiger charge is 2.31. The van der Waals surface area contributed by atoms with Crippen LogP contribution in [0.25, 0.3) is 22.2 Å². The van der Waals surface area contributed by atoms with E-state index in [1.807, 2.05) is 36.4 Å². The van der Waals surface area contributed by atoms with E-state index in [0.717, 1.165) is 47.4 Å². The Kier molecular flexibility index (Phi) is 11.2. The summed E-state index contributed by atoms with van der Waals surface area (Å²) in [4.78, 5) is 14.7. The smallest absolute Gasteiger partial charge is 0.381 e. The molecule has 1 aliphatic rings. The maximum Gasteiger partial charge on any atom is 0.406 e. The third kappa shape index (κ3) is 8.54. The first-order valence-corrected chi connectivity index (χ1v) is 15.8. The number of piperidine rings is 1. The fourth-order valence-electron chi connectivity index (χ4n) is 6.24. The molecule has 9 nitrogen and oxygen atoms in total. The molecule has 1 fully saturated rings. The fourth-order valence-corrected chi connectivity index (χ4v) is 6.24. The van der Waals surface area contributed by atoms with Crippen LogP contribution in [0.2, 0.25) is 0 Å². The maximum absolute atomic E-state index is 13.3. The van der Waals surface area contributed by atoms with Crippen molar-refractivity contribution in [2.75, 3.05) is 58.9 Å². The van der Waals surface area contributed by atoms with Crippen molar-refractivity contribution in [1.82, 2.24) is 24.6 Å². The molecule has 0 aliphatic carbocycles. The molecule has 5 rings (SSSR count). The van der Waals surface area contributed by atoms with Gasteiger partial charge in [-0.1, -0.05) is 42.3 Å². The molecule has 1 amide bonds. The van der Waals surface area contributed by atoms with Gasteiger partial charge in [0.2, 0.25) is 0 Å². The highest BCUT2D eigenvalue weighted by Crippen LogP contribution is 2.32. The van der Waals surface area contributed by atoms with Gasteiger partial charge in [0.25, 0.3) is 5.91 Å². The number of alkyl halides is 3. The van der Waals surface area contributed by atoms with E-state index in [4.69, 9.17) is 15.9 Å². The number of hydrogen-bond donors (Lipinski definition) is 2. The number of halogens is 3. The van der Waals surface area contributed by atoms with Crippen molar-refractivity contribution in [3.8, 4) is 23.6 Å². The third-order valence-electron chi connectivity index (χ3n) is 8.52.